The summed E-state index contributed by atoms with van der Waals surface area (Å²) in [7, 11) is 0. The Kier molecular flexibility index (Phi) is 4.84. The minimum atomic E-state index is 0.0697. The van der Waals surface area contributed by atoms with Crippen LogP contribution in [-0.2, 0) is 0 Å². The van der Waals surface area contributed by atoms with E-state index in [1.54, 1.807) is 0 Å². The van der Waals surface area contributed by atoms with Gasteiger partial charge in [0, 0.05) is 69.2 Å². The molecule has 1 unspecified atom stereocenters. The molecule has 1 atom stereocenters. The summed E-state index contributed by atoms with van der Waals surface area (Å²) in [6.07, 6.45) is 7.08. The third kappa shape index (κ3) is 3.53. The number of aliphatic imine (C=N–C) groups is 2. The molecule has 0 bridgehead atoms. The molecule has 2 aromatic rings. The van der Waals surface area contributed by atoms with Crippen LogP contribution >= 0.6 is 0 Å². The van der Waals surface area contributed by atoms with Gasteiger partial charge in [0.25, 0.3) is 6.01 Å². The second kappa shape index (κ2) is 7.86. The predicted molar refractivity (Wildman–Crippen MR) is 127 cm³/mol. The molecule has 6 rings (SSSR count). The van der Waals surface area contributed by atoms with Gasteiger partial charge in [0.05, 0.1) is 17.5 Å². The van der Waals surface area contributed by atoms with Crippen LogP contribution in [0.25, 0.3) is 11.1 Å². The monoisotopic (exact) mass is 431 g/mol. The van der Waals surface area contributed by atoms with E-state index in [-0.39, 0.29) is 12.1 Å². The minimum absolute atomic E-state index is 0.0697. The third-order valence-corrected chi connectivity index (χ3v) is 7.15. The van der Waals surface area contributed by atoms with Crippen molar-refractivity contribution in [2.45, 2.75) is 25.4 Å². The van der Waals surface area contributed by atoms with Crippen molar-refractivity contribution in [1.82, 2.24) is 19.7 Å². The number of anilines is 1. The average molecular weight is 432 g/mol. The molecule has 5 heterocycles. The van der Waals surface area contributed by atoms with Gasteiger partial charge >= 0.3 is 0 Å². The number of fused-ring (bicyclic) bond motifs is 2. The van der Waals surface area contributed by atoms with E-state index >= 15 is 0 Å². The molecule has 4 aliphatic heterocycles. The summed E-state index contributed by atoms with van der Waals surface area (Å²) >= 11 is 0. The Morgan fingerprint density at radius 2 is 1.97 bits per heavy atom. The number of dihydropyridines is 1. The van der Waals surface area contributed by atoms with Crippen molar-refractivity contribution in [2.24, 2.45) is 9.98 Å². The first-order valence-corrected chi connectivity index (χ1v) is 11.6. The number of aromatic nitrogens is 1. The number of likely N-dealkylation sites (N-methyl/N-ethyl adjacent to an activating group) is 1. The maximum absolute atomic E-state index is 5.68. The van der Waals surface area contributed by atoms with Crippen LogP contribution in [0.4, 0.5) is 6.01 Å². The van der Waals surface area contributed by atoms with E-state index in [2.05, 4.69) is 32.7 Å². The number of piperazine rings is 1. The van der Waals surface area contributed by atoms with E-state index < -0.39 is 0 Å². The highest BCUT2D eigenvalue weighted by molar-refractivity contribution is 6.17. The molecule has 1 aromatic heterocycles. The fourth-order valence-electron chi connectivity index (χ4n) is 5.08. The average Bonchev–Trinajstić information content (AvgIpc) is 3.17. The lowest BCUT2D eigenvalue weighted by molar-refractivity contribution is 0.0208. The Labute approximate surface area is 187 Å². The molecule has 8 heteroatoms. The largest absolute Gasteiger partial charge is 0.424 e. The number of nitrogens with two attached hydrogens (primary N) is 1. The van der Waals surface area contributed by atoms with Gasteiger partial charge in [0.15, 0.2) is 5.58 Å². The number of nitrogens with zero attached hydrogens (tertiary/aromatic N) is 6. The third-order valence-electron chi connectivity index (χ3n) is 7.15. The summed E-state index contributed by atoms with van der Waals surface area (Å²) in [6.45, 7) is 10.4. The van der Waals surface area contributed by atoms with Gasteiger partial charge in [-0.15, -0.1) is 0 Å². The van der Waals surface area contributed by atoms with E-state index in [4.69, 9.17) is 20.1 Å². The van der Waals surface area contributed by atoms with E-state index in [0.29, 0.717) is 11.6 Å². The maximum Gasteiger partial charge on any atom is 0.292 e. The lowest BCUT2D eigenvalue weighted by Gasteiger charge is -2.50. The van der Waals surface area contributed by atoms with Gasteiger partial charge in [-0.05, 0) is 36.9 Å². The minimum Gasteiger partial charge on any atom is -0.424 e. The molecule has 2 N–H and O–H groups in total. The van der Waals surface area contributed by atoms with Crippen molar-refractivity contribution in [1.29, 1.82) is 0 Å². The summed E-state index contributed by atoms with van der Waals surface area (Å²) in [5.41, 5.74) is 11.5. The van der Waals surface area contributed by atoms with Crippen LogP contribution in [-0.4, -0.2) is 89.0 Å². The van der Waals surface area contributed by atoms with Crippen molar-refractivity contribution in [3.63, 3.8) is 0 Å². The van der Waals surface area contributed by atoms with Gasteiger partial charge in [-0.3, -0.25) is 14.9 Å². The SMILES string of the molecule is CCN1CCN(C2CN(C3=CN=C4C=CC(c5ccc6oc(N)nc6c5)=NC4C3)C2)CC1. The summed E-state index contributed by atoms with van der Waals surface area (Å²) in [5.74, 6) is 0. The van der Waals surface area contributed by atoms with Crippen molar-refractivity contribution in [3.05, 3.63) is 47.8 Å². The number of nitrogen functional groups attached to an aromatic ring is 1. The molecule has 0 amide bonds. The fourth-order valence-corrected chi connectivity index (χ4v) is 5.08. The number of rotatable bonds is 4. The molecular weight excluding hydrogens is 402 g/mol. The molecule has 2 saturated heterocycles. The molecule has 1 aromatic carbocycles. The predicted octanol–water partition coefficient (Wildman–Crippen LogP) is 2.15. The van der Waals surface area contributed by atoms with Crippen LogP contribution in [0.1, 0.15) is 18.9 Å². The summed E-state index contributed by atoms with van der Waals surface area (Å²) < 4.78 is 5.39. The van der Waals surface area contributed by atoms with Crippen LogP contribution in [0.3, 0.4) is 0 Å². The highest BCUT2D eigenvalue weighted by Crippen LogP contribution is 2.29. The first-order valence-electron chi connectivity index (χ1n) is 11.6. The normalized spacial score (nSPS) is 24.7. The zero-order valence-corrected chi connectivity index (χ0v) is 18.4. The van der Waals surface area contributed by atoms with E-state index in [1.165, 1.54) is 31.9 Å². The molecule has 0 aliphatic carbocycles. The molecule has 0 saturated carbocycles. The van der Waals surface area contributed by atoms with Gasteiger partial charge in [0.1, 0.15) is 5.52 Å². The Morgan fingerprint density at radius 3 is 2.78 bits per heavy atom. The van der Waals surface area contributed by atoms with E-state index in [0.717, 1.165) is 48.6 Å². The zero-order valence-electron chi connectivity index (χ0n) is 18.4. The number of likely N-dealkylation sites (tertiary alicyclic amines) is 1. The number of benzene rings is 1. The molecule has 166 valence electrons. The number of hydrogen-bond donors (Lipinski definition) is 1. The maximum atomic E-state index is 5.68. The van der Waals surface area contributed by atoms with Crippen LogP contribution < -0.4 is 5.73 Å². The lowest BCUT2D eigenvalue weighted by atomic mass is 9.95. The summed E-state index contributed by atoms with van der Waals surface area (Å²) in [4.78, 5) is 21.7. The molecule has 0 radical (unpaired) electrons. The lowest BCUT2D eigenvalue weighted by Crippen LogP contribution is -2.62. The topological polar surface area (TPSA) is 86.5 Å². The van der Waals surface area contributed by atoms with Crippen LogP contribution in [0.5, 0.6) is 0 Å². The van der Waals surface area contributed by atoms with Crippen molar-refractivity contribution >= 4 is 28.5 Å². The Bertz CT molecular complexity index is 1150. The Balaban J connectivity index is 1.12. The smallest absolute Gasteiger partial charge is 0.292 e. The second-order valence-corrected chi connectivity index (χ2v) is 9.01. The van der Waals surface area contributed by atoms with Gasteiger partial charge in [0.2, 0.25) is 0 Å². The molecule has 0 spiro atoms. The van der Waals surface area contributed by atoms with Crippen LogP contribution in [0.15, 0.2) is 56.7 Å². The van der Waals surface area contributed by atoms with Gasteiger partial charge in [-0.25, -0.2) is 0 Å². The highest BCUT2D eigenvalue weighted by Gasteiger charge is 2.36. The van der Waals surface area contributed by atoms with E-state index in [9.17, 15) is 0 Å². The number of hydrogen-bond acceptors (Lipinski definition) is 8. The number of allylic oxidation sites excluding steroid dienone is 1. The van der Waals surface area contributed by atoms with Crippen molar-refractivity contribution < 1.29 is 4.42 Å². The van der Waals surface area contributed by atoms with Crippen molar-refractivity contribution in [2.75, 3.05) is 51.5 Å². The summed E-state index contributed by atoms with van der Waals surface area (Å²) in [5, 5.41) is 0. The Hall–Kier alpha value is -2.97. The molecule has 2 fully saturated rings. The van der Waals surface area contributed by atoms with Crippen LogP contribution in [0, 0.1) is 0 Å². The van der Waals surface area contributed by atoms with Crippen molar-refractivity contribution in [3.8, 4) is 0 Å². The first kappa shape index (κ1) is 19.7. The number of oxazole rings is 1. The quantitative estimate of drug-likeness (QED) is 0.798. The summed E-state index contributed by atoms with van der Waals surface area (Å²) in [6, 6.07) is 6.83. The molecular formula is C24H29N7O. The fraction of sp³-hybridized carbons (Fsp3) is 0.458. The van der Waals surface area contributed by atoms with Crippen LogP contribution in [0.2, 0.25) is 0 Å². The standard InChI is InChI=1S/C24H29N7O/c1-2-29-7-9-30(10-8-29)18-14-31(15-18)17-12-21-20(26-13-17)5-4-19(27-21)16-3-6-23-22(11-16)28-24(25)32-23/h3-6,11,13,18,21H,2,7-10,12,14-15H2,1H3,(H2,25,28). The molecule has 4 aliphatic rings. The highest BCUT2D eigenvalue weighted by atomic mass is 16.4. The van der Waals surface area contributed by atoms with Gasteiger partial charge in [-0.1, -0.05) is 6.92 Å². The molecule has 8 nitrogen and oxygen atoms in total. The molecule has 32 heavy (non-hydrogen) atoms. The first-order chi connectivity index (χ1) is 15.7. The van der Waals surface area contributed by atoms with E-state index in [1.807, 2.05) is 30.5 Å². The van der Waals surface area contributed by atoms with Gasteiger partial charge in [-0.2, -0.15) is 4.98 Å². The second-order valence-electron chi connectivity index (χ2n) is 9.01. The Morgan fingerprint density at radius 1 is 1.12 bits per heavy atom. The zero-order chi connectivity index (χ0) is 21.7. The van der Waals surface area contributed by atoms with Gasteiger partial charge < -0.3 is 20.0 Å².